The van der Waals surface area contributed by atoms with Gasteiger partial charge in [0.25, 0.3) is 0 Å². The Morgan fingerprint density at radius 3 is 2.65 bits per heavy atom. The topological polar surface area (TPSA) is 66.4 Å². The van der Waals surface area contributed by atoms with E-state index in [0.29, 0.717) is 24.8 Å². The Morgan fingerprint density at radius 2 is 2.05 bits per heavy atom. The molecule has 1 fully saturated rings. The summed E-state index contributed by atoms with van der Waals surface area (Å²) in [5.41, 5.74) is 0.700. The monoisotopic (exact) mass is 279 g/mol. The average molecular weight is 279 g/mol. The van der Waals surface area contributed by atoms with E-state index in [0.717, 1.165) is 0 Å². The number of nitrogens with one attached hydrogen (secondary N) is 1. The molecular formula is C15H18FNO3. The fourth-order valence-corrected chi connectivity index (χ4v) is 2.63. The molecule has 108 valence electrons. The van der Waals surface area contributed by atoms with E-state index in [2.05, 4.69) is 5.32 Å². The molecule has 0 aliphatic heterocycles. The van der Waals surface area contributed by atoms with Crippen LogP contribution >= 0.6 is 0 Å². The normalized spacial score (nSPS) is 23.3. The van der Waals surface area contributed by atoms with Crippen LogP contribution in [-0.4, -0.2) is 17.0 Å². The van der Waals surface area contributed by atoms with E-state index < -0.39 is 11.9 Å². The minimum absolute atomic E-state index is 0.148. The first-order chi connectivity index (χ1) is 9.47. The third-order valence-electron chi connectivity index (χ3n) is 3.86. The summed E-state index contributed by atoms with van der Waals surface area (Å²) in [5, 5.41) is 11.8. The highest BCUT2D eigenvalue weighted by atomic mass is 19.1. The van der Waals surface area contributed by atoms with Gasteiger partial charge in [-0.2, -0.15) is 0 Å². The number of aliphatic carboxylic acids is 1. The van der Waals surface area contributed by atoms with Gasteiger partial charge in [-0.1, -0.05) is 12.1 Å². The van der Waals surface area contributed by atoms with Gasteiger partial charge in [0.1, 0.15) is 5.82 Å². The zero-order valence-corrected chi connectivity index (χ0v) is 11.3. The standard InChI is InChI=1S/C15H18FNO3/c1-9(10-3-2-4-13(16)8-10)17-14(18)11-5-6-12(7-11)15(19)20/h2-4,8-9,11-12H,5-7H2,1H3,(H,17,18)(H,19,20)/t9?,11-,12+/m1/s1. The quantitative estimate of drug-likeness (QED) is 0.890. The van der Waals surface area contributed by atoms with Crippen molar-refractivity contribution in [3.05, 3.63) is 35.6 Å². The zero-order chi connectivity index (χ0) is 14.7. The summed E-state index contributed by atoms with van der Waals surface area (Å²) in [6.45, 7) is 1.79. The van der Waals surface area contributed by atoms with Crippen LogP contribution in [0.15, 0.2) is 24.3 Å². The molecule has 0 aromatic heterocycles. The summed E-state index contributed by atoms with van der Waals surface area (Å²) in [7, 11) is 0. The first-order valence-corrected chi connectivity index (χ1v) is 6.76. The molecule has 0 heterocycles. The molecule has 0 radical (unpaired) electrons. The summed E-state index contributed by atoms with van der Waals surface area (Å²) in [6, 6.07) is 5.81. The van der Waals surface area contributed by atoms with Crippen molar-refractivity contribution in [2.24, 2.45) is 11.8 Å². The molecule has 5 heteroatoms. The lowest BCUT2D eigenvalue weighted by molar-refractivity contribution is -0.141. The summed E-state index contributed by atoms with van der Waals surface area (Å²) < 4.78 is 13.1. The predicted octanol–water partition coefficient (Wildman–Crippen LogP) is 2.50. The Bertz CT molecular complexity index is 518. The number of hydrogen-bond donors (Lipinski definition) is 2. The highest BCUT2D eigenvalue weighted by Crippen LogP contribution is 2.31. The van der Waals surface area contributed by atoms with Gasteiger partial charge in [-0.05, 0) is 43.9 Å². The Hall–Kier alpha value is -1.91. The molecule has 0 spiro atoms. The molecule has 0 bridgehead atoms. The highest BCUT2D eigenvalue weighted by Gasteiger charge is 2.34. The van der Waals surface area contributed by atoms with Crippen molar-refractivity contribution in [2.75, 3.05) is 0 Å². The molecule has 4 nitrogen and oxygen atoms in total. The number of carboxylic acid groups (broad SMARTS) is 1. The summed E-state index contributed by atoms with van der Waals surface area (Å²) in [6.07, 6.45) is 1.53. The molecule has 1 aromatic carbocycles. The summed E-state index contributed by atoms with van der Waals surface area (Å²) >= 11 is 0. The van der Waals surface area contributed by atoms with Gasteiger partial charge in [0.15, 0.2) is 0 Å². The van der Waals surface area contributed by atoms with Crippen LogP contribution in [0.4, 0.5) is 4.39 Å². The smallest absolute Gasteiger partial charge is 0.306 e. The van der Waals surface area contributed by atoms with Crippen LogP contribution in [0.2, 0.25) is 0 Å². The van der Waals surface area contributed by atoms with E-state index in [1.54, 1.807) is 19.1 Å². The maximum absolute atomic E-state index is 13.1. The largest absolute Gasteiger partial charge is 0.481 e. The maximum Gasteiger partial charge on any atom is 0.306 e. The van der Waals surface area contributed by atoms with Crippen LogP contribution in [0.1, 0.15) is 37.8 Å². The van der Waals surface area contributed by atoms with Gasteiger partial charge in [-0.25, -0.2) is 4.39 Å². The molecule has 20 heavy (non-hydrogen) atoms. The lowest BCUT2D eigenvalue weighted by Crippen LogP contribution is -2.32. The van der Waals surface area contributed by atoms with Crippen molar-refractivity contribution in [1.29, 1.82) is 0 Å². The maximum atomic E-state index is 13.1. The summed E-state index contributed by atoms with van der Waals surface area (Å²) in [5.74, 6) is -2.00. The van der Waals surface area contributed by atoms with Crippen molar-refractivity contribution < 1.29 is 19.1 Å². The third-order valence-corrected chi connectivity index (χ3v) is 3.86. The Kier molecular flexibility index (Phi) is 4.37. The van der Waals surface area contributed by atoms with Crippen LogP contribution in [0.25, 0.3) is 0 Å². The number of carboxylic acids is 1. The Balaban J connectivity index is 1.93. The van der Waals surface area contributed by atoms with E-state index in [1.165, 1.54) is 12.1 Å². The number of carbonyl (C=O) groups is 2. The number of halogens is 1. The molecule has 3 atom stereocenters. The third kappa shape index (κ3) is 3.35. The van der Waals surface area contributed by atoms with Crippen LogP contribution in [-0.2, 0) is 9.59 Å². The van der Waals surface area contributed by atoms with Gasteiger partial charge in [-0.3, -0.25) is 9.59 Å². The van der Waals surface area contributed by atoms with Crippen molar-refractivity contribution in [3.63, 3.8) is 0 Å². The van der Waals surface area contributed by atoms with Crippen LogP contribution < -0.4 is 5.32 Å². The fourth-order valence-electron chi connectivity index (χ4n) is 2.63. The Labute approximate surface area is 117 Å². The zero-order valence-electron chi connectivity index (χ0n) is 11.3. The first-order valence-electron chi connectivity index (χ1n) is 6.76. The van der Waals surface area contributed by atoms with Gasteiger partial charge in [0.05, 0.1) is 12.0 Å². The molecule has 2 rings (SSSR count). The van der Waals surface area contributed by atoms with Crippen molar-refractivity contribution in [1.82, 2.24) is 5.32 Å². The number of amides is 1. The van der Waals surface area contributed by atoms with Crippen molar-refractivity contribution in [3.8, 4) is 0 Å². The molecule has 1 unspecified atom stereocenters. The SMILES string of the molecule is CC(NC(=O)[C@@H]1CC[C@H](C(=O)O)C1)c1cccc(F)c1. The minimum Gasteiger partial charge on any atom is -0.481 e. The van der Waals surface area contributed by atoms with E-state index in [9.17, 15) is 14.0 Å². The molecule has 0 saturated heterocycles. The van der Waals surface area contributed by atoms with Gasteiger partial charge < -0.3 is 10.4 Å². The Morgan fingerprint density at radius 1 is 1.35 bits per heavy atom. The van der Waals surface area contributed by atoms with Crippen LogP contribution in [0.5, 0.6) is 0 Å². The van der Waals surface area contributed by atoms with Gasteiger partial charge >= 0.3 is 5.97 Å². The number of carbonyl (C=O) groups excluding carboxylic acids is 1. The van der Waals surface area contributed by atoms with Gasteiger partial charge in [-0.15, -0.1) is 0 Å². The van der Waals surface area contributed by atoms with E-state index in [4.69, 9.17) is 5.11 Å². The van der Waals surface area contributed by atoms with Crippen molar-refractivity contribution in [2.45, 2.75) is 32.2 Å². The molecule has 1 aromatic rings. The van der Waals surface area contributed by atoms with E-state index in [-0.39, 0.29) is 23.7 Å². The molecule has 1 aliphatic carbocycles. The fraction of sp³-hybridized carbons (Fsp3) is 0.467. The second-order valence-corrected chi connectivity index (χ2v) is 5.33. The molecule has 2 N–H and O–H groups in total. The second kappa shape index (κ2) is 6.03. The average Bonchev–Trinajstić information content (AvgIpc) is 2.88. The second-order valence-electron chi connectivity index (χ2n) is 5.33. The molecule has 1 amide bonds. The van der Waals surface area contributed by atoms with Crippen molar-refractivity contribution >= 4 is 11.9 Å². The number of benzene rings is 1. The van der Waals surface area contributed by atoms with Gasteiger partial charge in [0, 0.05) is 5.92 Å². The van der Waals surface area contributed by atoms with Crippen LogP contribution in [0, 0.1) is 17.7 Å². The lowest BCUT2D eigenvalue weighted by atomic mass is 10.0. The first kappa shape index (κ1) is 14.5. The number of rotatable bonds is 4. The van der Waals surface area contributed by atoms with E-state index >= 15 is 0 Å². The lowest BCUT2D eigenvalue weighted by Gasteiger charge is -2.17. The number of hydrogen-bond acceptors (Lipinski definition) is 2. The predicted molar refractivity (Wildman–Crippen MR) is 71.4 cm³/mol. The summed E-state index contributed by atoms with van der Waals surface area (Å²) in [4.78, 5) is 23.0. The van der Waals surface area contributed by atoms with Crippen LogP contribution in [0.3, 0.4) is 0 Å². The molecular weight excluding hydrogens is 261 g/mol. The molecule has 1 aliphatic rings. The van der Waals surface area contributed by atoms with E-state index in [1.807, 2.05) is 0 Å². The molecule has 1 saturated carbocycles. The minimum atomic E-state index is -0.835. The van der Waals surface area contributed by atoms with Gasteiger partial charge in [0.2, 0.25) is 5.91 Å². The highest BCUT2D eigenvalue weighted by molar-refractivity contribution is 5.81.